The Hall–Kier alpha value is -2.88. The summed E-state index contributed by atoms with van der Waals surface area (Å²) in [4.78, 5) is 16.6. The van der Waals surface area contributed by atoms with Crippen LogP contribution in [0.2, 0.25) is 0 Å². The van der Waals surface area contributed by atoms with Gasteiger partial charge in [-0.25, -0.2) is 4.98 Å². The van der Waals surface area contributed by atoms with Crippen LogP contribution in [0.5, 0.6) is 0 Å². The minimum atomic E-state index is -0.117. The van der Waals surface area contributed by atoms with Crippen molar-refractivity contribution in [2.24, 2.45) is 0 Å². The van der Waals surface area contributed by atoms with Crippen molar-refractivity contribution in [3.63, 3.8) is 0 Å². The fourth-order valence-electron chi connectivity index (χ4n) is 2.27. The SMILES string of the molecule is Cc1ccc(C(=O)NCc2nc(-c3ccccc3)oc2C)cc1. The Morgan fingerprint density at radius 3 is 2.43 bits per heavy atom. The second-order valence-corrected chi connectivity index (χ2v) is 5.44. The monoisotopic (exact) mass is 306 g/mol. The molecule has 4 nitrogen and oxygen atoms in total. The van der Waals surface area contributed by atoms with Crippen molar-refractivity contribution in [1.29, 1.82) is 0 Å². The topological polar surface area (TPSA) is 55.1 Å². The Labute approximate surface area is 135 Å². The number of hydrogen-bond donors (Lipinski definition) is 1. The lowest BCUT2D eigenvalue weighted by Crippen LogP contribution is -2.23. The normalized spacial score (nSPS) is 10.5. The number of nitrogens with zero attached hydrogens (tertiary/aromatic N) is 1. The van der Waals surface area contributed by atoms with Gasteiger partial charge in [0.15, 0.2) is 0 Å². The molecule has 4 heteroatoms. The minimum absolute atomic E-state index is 0.117. The molecule has 1 aromatic heterocycles. The van der Waals surface area contributed by atoms with Gasteiger partial charge in [0.1, 0.15) is 11.5 Å². The van der Waals surface area contributed by atoms with Gasteiger partial charge >= 0.3 is 0 Å². The zero-order valence-electron chi connectivity index (χ0n) is 13.2. The van der Waals surface area contributed by atoms with E-state index in [1.807, 2.05) is 68.4 Å². The highest BCUT2D eigenvalue weighted by Gasteiger charge is 2.12. The quantitative estimate of drug-likeness (QED) is 0.795. The van der Waals surface area contributed by atoms with Crippen molar-refractivity contribution in [3.05, 3.63) is 77.2 Å². The third-order valence-corrected chi connectivity index (χ3v) is 3.64. The molecule has 0 saturated carbocycles. The van der Waals surface area contributed by atoms with E-state index in [0.717, 1.165) is 16.8 Å². The summed E-state index contributed by atoms with van der Waals surface area (Å²) < 4.78 is 5.69. The van der Waals surface area contributed by atoms with Crippen molar-refractivity contribution in [1.82, 2.24) is 10.3 Å². The maximum atomic E-state index is 12.1. The van der Waals surface area contributed by atoms with Gasteiger partial charge in [-0.05, 0) is 38.1 Å². The summed E-state index contributed by atoms with van der Waals surface area (Å²) in [6.45, 7) is 4.19. The first kappa shape index (κ1) is 15.0. The molecule has 3 rings (SSSR count). The number of aromatic nitrogens is 1. The molecule has 0 bridgehead atoms. The number of carbonyl (C=O) groups excluding carboxylic acids is 1. The van der Waals surface area contributed by atoms with Crippen LogP contribution in [0.3, 0.4) is 0 Å². The van der Waals surface area contributed by atoms with Crippen LogP contribution in [-0.2, 0) is 6.54 Å². The van der Waals surface area contributed by atoms with Crippen LogP contribution in [0, 0.1) is 13.8 Å². The number of rotatable bonds is 4. The van der Waals surface area contributed by atoms with Gasteiger partial charge in [-0.1, -0.05) is 35.9 Å². The first-order valence-electron chi connectivity index (χ1n) is 7.50. The van der Waals surface area contributed by atoms with Crippen molar-refractivity contribution >= 4 is 5.91 Å². The molecule has 1 amide bonds. The summed E-state index contributed by atoms with van der Waals surface area (Å²) in [7, 11) is 0. The second-order valence-electron chi connectivity index (χ2n) is 5.44. The van der Waals surface area contributed by atoms with E-state index < -0.39 is 0 Å². The van der Waals surface area contributed by atoms with E-state index >= 15 is 0 Å². The highest BCUT2D eigenvalue weighted by molar-refractivity contribution is 5.94. The molecule has 116 valence electrons. The zero-order valence-corrected chi connectivity index (χ0v) is 13.2. The smallest absolute Gasteiger partial charge is 0.251 e. The van der Waals surface area contributed by atoms with Crippen LogP contribution in [0.1, 0.15) is 27.4 Å². The van der Waals surface area contributed by atoms with Crippen LogP contribution in [0.4, 0.5) is 0 Å². The first-order valence-corrected chi connectivity index (χ1v) is 7.50. The summed E-state index contributed by atoms with van der Waals surface area (Å²) in [5.74, 6) is 1.17. The number of aryl methyl sites for hydroxylation is 2. The maximum absolute atomic E-state index is 12.1. The van der Waals surface area contributed by atoms with Gasteiger partial charge in [-0.15, -0.1) is 0 Å². The van der Waals surface area contributed by atoms with Crippen LogP contribution < -0.4 is 5.32 Å². The van der Waals surface area contributed by atoms with Crippen LogP contribution in [-0.4, -0.2) is 10.9 Å². The largest absolute Gasteiger partial charge is 0.441 e. The number of nitrogens with one attached hydrogen (secondary N) is 1. The number of benzene rings is 2. The molecular formula is C19H18N2O2. The molecule has 0 aliphatic rings. The van der Waals surface area contributed by atoms with E-state index in [4.69, 9.17) is 4.42 Å². The third-order valence-electron chi connectivity index (χ3n) is 3.64. The summed E-state index contributed by atoms with van der Waals surface area (Å²) in [6, 6.07) is 17.2. The Bertz CT molecular complexity index is 805. The van der Waals surface area contributed by atoms with Gasteiger partial charge in [0.2, 0.25) is 5.89 Å². The Kier molecular flexibility index (Phi) is 4.24. The summed E-state index contributed by atoms with van der Waals surface area (Å²) in [5.41, 5.74) is 3.43. The highest BCUT2D eigenvalue weighted by atomic mass is 16.4. The molecule has 0 spiro atoms. The summed E-state index contributed by atoms with van der Waals surface area (Å²) >= 11 is 0. The van der Waals surface area contributed by atoms with Gasteiger partial charge in [0.05, 0.1) is 6.54 Å². The average molecular weight is 306 g/mol. The Balaban J connectivity index is 1.70. The molecule has 0 fully saturated rings. The molecular weight excluding hydrogens is 288 g/mol. The lowest BCUT2D eigenvalue weighted by Gasteiger charge is -2.04. The van der Waals surface area contributed by atoms with Crippen LogP contribution in [0.15, 0.2) is 59.0 Å². The number of oxazole rings is 1. The van der Waals surface area contributed by atoms with E-state index in [0.29, 0.717) is 23.8 Å². The Morgan fingerprint density at radius 1 is 1.04 bits per heavy atom. The number of carbonyl (C=O) groups is 1. The van der Waals surface area contributed by atoms with Crippen molar-refractivity contribution in [2.45, 2.75) is 20.4 Å². The highest BCUT2D eigenvalue weighted by Crippen LogP contribution is 2.21. The van der Waals surface area contributed by atoms with Crippen molar-refractivity contribution in [3.8, 4) is 11.5 Å². The van der Waals surface area contributed by atoms with Gasteiger partial charge in [-0.2, -0.15) is 0 Å². The number of hydrogen-bond acceptors (Lipinski definition) is 3. The predicted molar refractivity (Wildman–Crippen MR) is 89.0 cm³/mol. The fourth-order valence-corrected chi connectivity index (χ4v) is 2.27. The lowest BCUT2D eigenvalue weighted by atomic mass is 10.1. The van der Waals surface area contributed by atoms with Gasteiger partial charge in [-0.3, -0.25) is 4.79 Å². The molecule has 0 radical (unpaired) electrons. The predicted octanol–water partition coefficient (Wildman–Crippen LogP) is 3.89. The molecule has 3 aromatic rings. The summed E-state index contributed by atoms with van der Waals surface area (Å²) in [6.07, 6.45) is 0. The molecule has 0 aliphatic carbocycles. The van der Waals surface area contributed by atoms with Gasteiger partial charge in [0, 0.05) is 11.1 Å². The molecule has 0 aliphatic heterocycles. The number of amides is 1. The van der Waals surface area contributed by atoms with E-state index in [1.165, 1.54) is 0 Å². The van der Waals surface area contributed by atoms with E-state index in [-0.39, 0.29) is 5.91 Å². The second kappa shape index (κ2) is 6.48. The van der Waals surface area contributed by atoms with Crippen molar-refractivity contribution in [2.75, 3.05) is 0 Å². The summed E-state index contributed by atoms with van der Waals surface area (Å²) in [5, 5.41) is 2.88. The average Bonchev–Trinajstić information content (AvgIpc) is 2.95. The van der Waals surface area contributed by atoms with Gasteiger partial charge in [0.25, 0.3) is 5.91 Å². The maximum Gasteiger partial charge on any atom is 0.251 e. The van der Waals surface area contributed by atoms with Crippen LogP contribution in [0.25, 0.3) is 11.5 Å². The zero-order chi connectivity index (χ0) is 16.2. The first-order chi connectivity index (χ1) is 11.1. The molecule has 1 heterocycles. The molecule has 0 saturated heterocycles. The molecule has 0 unspecified atom stereocenters. The minimum Gasteiger partial charge on any atom is -0.441 e. The third kappa shape index (κ3) is 3.48. The van der Waals surface area contributed by atoms with E-state index in [2.05, 4.69) is 10.3 Å². The standard InChI is InChI=1S/C19H18N2O2/c1-13-8-10-15(11-9-13)18(22)20-12-17-14(2)23-19(21-17)16-6-4-3-5-7-16/h3-11H,12H2,1-2H3,(H,20,22). The van der Waals surface area contributed by atoms with Gasteiger partial charge < -0.3 is 9.73 Å². The Morgan fingerprint density at radius 2 is 1.74 bits per heavy atom. The van der Waals surface area contributed by atoms with E-state index in [1.54, 1.807) is 0 Å². The molecule has 1 N–H and O–H groups in total. The molecule has 23 heavy (non-hydrogen) atoms. The van der Waals surface area contributed by atoms with Crippen molar-refractivity contribution < 1.29 is 9.21 Å². The molecule has 0 atom stereocenters. The molecule has 2 aromatic carbocycles. The van der Waals surface area contributed by atoms with Crippen LogP contribution >= 0.6 is 0 Å². The lowest BCUT2D eigenvalue weighted by molar-refractivity contribution is 0.0950. The van der Waals surface area contributed by atoms with E-state index in [9.17, 15) is 4.79 Å². The fraction of sp³-hybridized carbons (Fsp3) is 0.158.